The Balaban J connectivity index is 1.06. The Morgan fingerprint density at radius 2 is 1.35 bits per heavy atom. The van der Waals surface area contributed by atoms with Crippen LogP contribution in [0.2, 0.25) is 0 Å². The van der Waals surface area contributed by atoms with Crippen LogP contribution in [0.5, 0.6) is 0 Å². The summed E-state index contributed by atoms with van der Waals surface area (Å²) in [6.07, 6.45) is 7.41. The quantitative estimate of drug-likeness (QED) is 0.0906. The number of aromatic amines is 1. The molecule has 0 aliphatic carbocycles. The highest BCUT2D eigenvalue weighted by atomic mass is 32.2. The van der Waals surface area contributed by atoms with Crippen LogP contribution in [0.3, 0.4) is 0 Å². The number of benzene rings is 5. The Bertz CT molecular complexity index is 2230. The van der Waals surface area contributed by atoms with E-state index in [0.717, 1.165) is 60.0 Å². The van der Waals surface area contributed by atoms with Gasteiger partial charge in [0.15, 0.2) is 5.16 Å². The number of aryl methyl sites for hydroxylation is 3. The maximum absolute atomic E-state index is 14.0. The largest absolute Gasteiger partial charge is 0.358 e. The molecule has 3 heterocycles. The summed E-state index contributed by atoms with van der Waals surface area (Å²) in [5, 5.41) is 11.3. The molecule has 8 heteroatoms. The summed E-state index contributed by atoms with van der Waals surface area (Å²) >= 11 is 1.60. The number of aromatic nitrogens is 6. The van der Waals surface area contributed by atoms with E-state index in [0.29, 0.717) is 5.75 Å². The first-order chi connectivity index (χ1) is 25.7. The van der Waals surface area contributed by atoms with E-state index in [9.17, 15) is 4.39 Å². The second-order valence-corrected chi connectivity index (χ2v) is 14.0. The second-order valence-electron chi connectivity index (χ2n) is 13.0. The van der Waals surface area contributed by atoms with Crippen LogP contribution in [0, 0.1) is 5.82 Å². The summed E-state index contributed by atoms with van der Waals surface area (Å²) < 4.78 is 18.5. The number of halogens is 1. The maximum Gasteiger partial charge on any atom is 0.191 e. The topological polar surface area (TPSA) is 64.3 Å². The van der Waals surface area contributed by atoms with Crippen LogP contribution >= 0.6 is 11.8 Å². The van der Waals surface area contributed by atoms with Gasteiger partial charge in [-0.05, 0) is 71.2 Å². The molecule has 0 radical (unpaired) electrons. The Labute approximate surface area is 307 Å². The fourth-order valence-electron chi connectivity index (χ4n) is 7.20. The average molecular weight is 703 g/mol. The molecule has 3 aromatic heterocycles. The van der Waals surface area contributed by atoms with Crippen LogP contribution in [0.4, 0.5) is 4.39 Å². The van der Waals surface area contributed by atoms with E-state index in [4.69, 9.17) is 4.98 Å². The molecule has 8 aromatic rings. The smallest absolute Gasteiger partial charge is 0.191 e. The minimum atomic E-state index is -0.597. The Hall–Kier alpha value is -5.73. The van der Waals surface area contributed by atoms with Crippen LogP contribution < -0.4 is 0 Å². The third kappa shape index (κ3) is 6.94. The molecular weight excluding hydrogens is 664 g/mol. The van der Waals surface area contributed by atoms with E-state index in [-0.39, 0.29) is 5.82 Å². The first-order valence-electron chi connectivity index (χ1n) is 17.7. The zero-order chi connectivity index (χ0) is 35.2. The van der Waals surface area contributed by atoms with Crippen LogP contribution in [-0.4, -0.2) is 29.3 Å². The average Bonchev–Trinajstić information content (AvgIpc) is 3.94. The van der Waals surface area contributed by atoms with E-state index in [1.54, 1.807) is 23.9 Å². The van der Waals surface area contributed by atoms with Gasteiger partial charge < -0.3 is 14.1 Å². The van der Waals surface area contributed by atoms with Crippen molar-refractivity contribution in [1.29, 1.82) is 0 Å². The van der Waals surface area contributed by atoms with Crippen molar-refractivity contribution in [3.05, 3.63) is 203 Å². The molecule has 5 aromatic carbocycles. The molecule has 0 spiro atoms. The highest BCUT2D eigenvalue weighted by Crippen LogP contribution is 2.41. The Morgan fingerprint density at radius 3 is 2.02 bits per heavy atom. The minimum Gasteiger partial charge on any atom is -0.358 e. The Morgan fingerprint density at radius 1 is 0.673 bits per heavy atom. The van der Waals surface area contributed by atoms with Gasteiger partial charge in [0.25, 0.3) is 0 Å². The Kier molecular flexibility index (Phi) is 9.80. The molecule has 0 amide bonds. The van der Waals surface area contributed by atoms with E-state index in [2.05, 4.69) is 152 Å². The number of H-pyrrole nitrogens is 1. The number of thioether (sulfide) groups is 1. The molecule has 0 saturated heterocycles. The molecule has 258 valence electrons. The summed E-state index contributed by atoms with van der Waals surface area (Å²) in [5.74, 6) is 1.33. The lowest BCUT2D eigenvalue weighted by Gasteiger charge is -2.37. The van der Waals surface area contributed by atoms with E-state index >= 15 is 0 Å². The summed E-state index contributed by atoms with van der Waals surface area (Å²) in [6.45, 7) is 0.745. The van der Waals surface area contributed by atoms with E-state index in [1.165, 1.54) is 33.8 Å². The summed E-state index contributed by atoms with van der Waals surface area (Å²) in [6, 6.07) is 49.3. The van der Waals surface area contributed by atoms with Gasteiger partial charge in [0.05, 0.1) is 12.0 Å². The number of hydrogen-bond acceptors (Lipinski definition) is 4. The van der Waals surface area contributed by atoms with Crippen LogP contribution in [0.1, 0.15) is 45.9 Å². The van der Waals surface area contributed by atoms with Gasteiger partial charge in [-0.15, -0.1) is 10.2 Å². The molecule has 1 N–H and O–H groups in total. The fraction of sp³-hybridized carbons (Fsp3) is 0.159. The van der Waals surface area contributed by atoms with Crippen molar-refractivity contribution in [3.63, 3.8) is 0 Å². The first-order valence-corrected chi connectivity index (χ1v) is 18.7. The van der Waals surface area contributed by atoms with Gasteiger partial charge in [0.1, 0.15) is 17.2 Å². The number of nitrogens with zero attached hydrogens (tertiary/aromatic N) is 5. The molecule has 0 aliphatic rings. The van der Waals surface area contributed by atoms with Crippen LogP contribution in [0.15, 0.2) is 163 Å². The number of imidazole rings is 1. The van der Waals surface area contributed by atoms with Crippen molar-refractivity contribution < 1.29 is 4.39 Å². The van der Waals surface area contributed by atoms with Gasteiger partial charge in [-0.2, -0.15) is 0 Å². The number of nitrogens with one attached hydrogen (secondary N) is 1. The lowest BCUT2D eigenvalue weighted by molar-refractivity contribution is 0.513. The van der Waals surface area contributed by atoms with Crippen molar-refractivity contribution in [3.8, 4) is 0 Å². The standard InChI is InChI=1S/C44H39FN6S/c45-38-22-12-14-33(28-38)31-52-43-49-48-42(26-25-39-29-34-15-10-11-24-41(34)47-39)51(43)27-13-23-40-30-50(32-46-40)44(35-16-4-1-5-17-35,36-18-6-2-7-19-36)37-20-8-3-9-21-37/h1-12,14-22,24,28-30,32,47H,13,23,25-27,31H2. The predicted octanol–water partition coefficient (Wildman–Crippen LogP) is 9.65. The summed E-state index contributed by atoms with van der Waals surface area (Å²) in [5.41, 5.74) is 7.16. The van der Waals surface area contributed by atoms with Crippen molar-refractivity contribution in [2.75, 3.05) is 0 Å². The normalized spacial score (nSPS) is 11.7. The van der Waals surface area contributed by atoms with E-state index in [1.807, 2.05) is 12.4 Å². The molecule has 52 heavy (non-hydrogen) atoms. The maximum atomic E-state index is 14.0. The number of para-hydroxylation sites is 1. The highest BCUT2D eigenvalue weighted by molar-refractivity contribution is 7.98. The lowest BCUT2D eigenvalue weighted by atomic mass is 9.77. The van der Waals surface area contributed by atoms with Gasteiger partial charge in [0.2, 0.25) is 0 Å². The molecule has 0 atom stereocenters. The highest BCUT2D eigenvalue weighted by Gasteiger charge is 2.38. The first kappa shape index (κ1) is 33.4. The minimum absolute atomic E-state index is 0.228. The van der Waals surface area contributed by atoms with Gasteiger partial charge in [-0.3, -0.25) is 0 Å². The van der Waals surface area contributed by atoms with Crippen molar-refractivity contribution >= 4 is 22.7 Å². The van der Waals surface area contributed by atoms with Crippen molar-refractivity contribution in [2.24, 2.45) is 0 Å². The van der Waals surface area contributed by atoms with Crippen LogP contribution in [-0.2, 0) is 37.1 Å². The third-order valence-corrected chi connectivity index (χ3v) is 10.7. The summed E-state index contributed by atoms with van der Waals surface area (Å²) in [7, 11) is 0. The van der Waals surface area contributed by atoms with E-state index < -0.39 is 5.54 Å². The molecule has 0 unspecified atom stereocenters. The molecule has 8 rings (SSSR count). The van der Waals surface area contributed by atoms with Crippen molar-refractivity contribution in [2.45, 2.75) is 48.7 Å². The second kappa shape index (κ2) is 15.3. The molecule has 0 fully saturated rings. The molecular formula is C44H39FN6S. The number of rotatable bonds is 14. The fourth-order valence-corrected chi connectivity index (χ4v) is 8.13. The zero-order valence-corrected chi connectivity index (χ0v) is 29.6. The van der Waals surface area contributed by atoms with Gasteiger partial charge in [0, 0.05) is 36.1 Å². The summed E-state index contributed by atoms with van der Waals surface area (Å²) in [4.78, 5) is 8.53. The van der Waals surface area contributed by atoms with Gasteiger partial charge in [-0.25, -0.2) is 9.37 Å². The SMILES string of the molecule is Fc1cccc(CSc2nnc(CCc3cc4ccccc4[nH]3)n2CCCc2cn(C(c3ccccc3)(c3ccccc3)c3ccccc3)cn2)c1. The predicted molar refractivity (Wildman–Crippen MR) is 207 cm³/mol. The number of hydrogen-bond donors (Lipinski definition) is 1. The van der Waals surface area contributed by atoms with Gasteiger partial charge in [-0.1, -0.05) is 133 Å². The molecule has 6 nitrogen and oxygen atoms in total. The van der Waals surface area contributed by atoms with Gasteiger partial charge >= 0.3 is 0 Å². The zero-order valence-electron chi connectivity index (χ0n) is 28.8. The lowest BCUT2D eigenvalue weighted by Crippen LogP contribution is -2.36. The van der Waals surface area contributed by atoms with Crippen LogP contribution in [0.25, 0.3) is 10.9 Å². The molecule has 0 aliphatic heterocycles. The number of fused-ring (bicyclic) bond motifs is 1. The monoisotopic (exact) mass is 702 g/mol. The molecule has 0 bridgehead atoms. The molecule has 0 saturated carbocycles. The third-order valence-electron chi connectivity index (χ3n) is 9.67. The van der Waals surface area contributed by atoms with Crippen molar-refractivity contribution in [1.82, 2.24) is 29.3 Å².